The molecule has 0 radical (unpaired) electrons. The number of ether oxygens (including phenoxy) is 1. The van der Waals surface area contributed by atoms with E-state index < -0.39 is 0 Å². The molecular formula is C16H19NO2. The topological polar surface area (TPSA) is 32.8 Å². The molecule has 2 aliphatic rings. The van der Waals surface area contributed by atoms with E-state index in [0.717, 1.165) is 38.1 Å². The Kier molecular flexibility index (Phi) is 3.65. The molecule has 0 saturated carbocycles. The van der Waals surface area contributed by atoms with E-state index in [4.69, 9.17) is 4.74 Å². The highest BCUT2D eigenvalue weighted by atomic mass is 16.6. The highest BCUT2D eigenvalue weighted by Crippen LogP contribution is 2.29. The monoisotopic (exact) mass is 257 g/mol. The molecule has 3 heteroatoms. The molecule has 19 heavy (non-hydrogen) atoms. The normalized spacial score (nSPS) is 23.8. The summed E-state index contributed by atoms with van der Waals surface area (Å²) >= 11 is 0. The van der Waals surface area contributed by atoms with Gasteiger partial charge in [-0.3, -0.25) is 4.79 Å². The van der Waals surface area contributed by atoms with Gasteiger partial charge in [-0.25, -0.2) is 0 Å². The van der Waals surface area contributed by atoms with Crippen LogP contribution in [0.25, 0.3) is 6.08 Å². The Morgan fingerprint density at radius 3 is 2.53 bits per heavy atom. The maximum atomic E-state index is 12.1. The molecule has 1 aromatic rings. The van der Waals surface area contributed by atoms with E-state index in [2.05, 4.69) is 0 Å². The number of piperidine rings is 1. The maximum Gasteiger partial charge on any atom is 0.246 e. The summed E-state index contributed by atoms with van der Waals surface area (Å²) in [6.45, 7) is 2.65. The van der Waals surface area contributed by atoms with Crippen molar-refractivity contribution in [1.82, 2.24) is 4.90 Å². The molecule has 0 N–H and O–H groups in total. The maximum absolute atomic E-state index is 12.1. The zero-order valence-electron chi connectivity index (χ0n) is 11.0. The number of hydrogen-bond donors (Lipinski definition) is 0. The fourth-order valence-corrected chi connectivity index (χ4v) is 2.66. The number of hydrogen-bond acceptors (Lipinski definition) is 2. The minimum Gasteiger partial charge on any atom is -0.373 e. The molecule has 0 aromatic heterocycles. The van der Waals surface area contributed by atoms with E-state index in [1.54, 1.807) is 6.08 Å². The highest BCUT2D eigenvalue weighted by Gasteiger charge is 2.35. The van der Waals surface area contributed by atoms with Crippen LogP contribution in [0.1, 0.15) is 18.4 Å². The largest absolute Gasteiger partial charge is 0.373 e. The number of nitrogens with zero attached hydrogens (tertiary/aromatic N) is 1. The molecule has 100 valence electrons. The van der Waals surface area contributed by atoms with Crippen LogP contribution >= 0.6 is 0 Å². The molecule has 3 rings (SSSR count). The van der Waals surface area contributed by atoms with Gasteiger partial charge in [-0.15, -0.1) is 0 Å². The first-order valence-electron chi connectivity index (χ1n) is 6.96. The quantitative estimate of drug-likeness (QED) is 0.615. The molecule has 1 atom stereocenters. The van der Waals surface area contributed by atoms with Crippen molar-refractivity contribution in [2.75, 3.05) is 19.7 Å². The van der Waals surface area contributed by atoms with Gasteiger partial charge in [-0.1, -0.05) is 30.3 Å². The number of amides is 1. The van der Waals surface area contributed by atoms with Crippen LogP contribution in [-0.4, -0.2) is 36.6 Å². The summed E-state index contributed by atoms with van der Waals surface area (Å²) < 4.78 is 5.33. The summed E-state index contributed by atoms with van der Waals surface area (Å²) in [5.74, 6) is 0.793. The van der Waals surface area contributed by atoms with Crippen LogP contribution in [0.2, 0.25) is 0 Å². The number of carbonyl (C=O) groups is 1. The lowest BCUT2D eigenvalue weighted by molar-refractivity contribution is -0.127. The first-order valence-corrected chi connectivity index (χ1v) is 6.96. The van der Waals surface area contributed by atoms with Crippen molar-refractivity contribution in [3.63, 3.8) is 0 Å². The van der Waals surface area contributed by atoms with Gasteiger partial charge in [0.2, 0.25) is 5.91 Å². The van der Waals surface area contributed by atoms with Crippen molar-refractivity contribution in [2.24, 2.45) is 5.92 Å². The Bertz CT molecular complexity index is 457. The van der Waals surface area contributed by atoms with E-state index in [1.807, 2.05) is 41.3 Å². The predicted molar refractivity (Wildman–Crippen MR) is 74.5 cm³/mol. The first kappa shape index (κ1) is 12.4. The summed E-state index contributed by atoms with van der Waals surface area (Å²) in [6.07, 6.45) is 6.21. The van der Waals surface area contributed by atoms with Gasteiger partial charge in [-0.2, -0.15) is 0 Å². The van der Waals surface area contributed by atoms with Crippen molar-refractivity contribution in [3.8, 4) is 0 Å². The van der Waals surface area contributed by atoms with Crippen molar-refractivity contribution < 1.29 is 9.53 Å². The minimum atomic E-state index is 0.124. The zero-order chi connectivity index (χ0) is 13.1. The number of epoxide rings is 1. The lowest BCUT2D eigenvalue weighted by Crippen LogP contribution is -2.38. The van der Waals surface area contributed by atoms with Gasteiger partial charge >= 0.3 is 0 Å². The van der Waals surface area contributed by atoms with E-state index >= 15 is 0 Å². The van der Waals surface area contributed by atoms with Crippen LogP contribution in [0.3, 0.4) is 0 Å². The number of carbonyl (C=O) groups excluding carboxylic acids is 1. The molecular weight excluding hydrogens is 238 g/mol. The summed E-state index contributed by atoms with van der Waals surface area (Å²) in [4.78, 5) is 14.0. The van der Waals surface area contributed by atoms with Gasteiger partial charge in [0.1, 0.15) is 0 Å². The predicted octanol–water partition coefficient (Wildman–Crippen LogP) is 2.34. The molecule has 2 fully saturated rings. The molecule has 3 nitrogen and oxygen atoms in total. The van der Waals surface area contributed by atoms with E-state index in [9.17, 15) is 4.79 Å². The van der Waals surface area contributed by atoms with Crippen LogP contribution in [0.15, 0.2) is 36.4 Å². The molecule has 2 saturated heterocycles. The Balaban J connectivity index is 1.52. The number of likely N-dealkylation sites (tertiary alicyclic amines) is 1. The lowest BCUT2D eigenvalue weighted by Gasteiger charge is -2.30. The second-order valence-electron chi connectivity index (χ2n) is 5.28. The summed E-state index contributed by atoms with van der Waals surface area (Å²) in [6, 6.07) is 9.93. The van der Waals surface area contributed by atoms with Crippen molar-refractivity contribution in [2.45, 2.75) is 18.9 Å². The second-order valence-corrected chi connectivity index (χ2v) is 5.28. The van der Waals surface area contributed by atoms with Gasteiger partial charge in [0, 0.05) is 19.2 Å². The molecule has 1 amide bonds. The Hall–Kier alpha value is -1.61. The van der Waals surface area contributed by atoms with Crippen molar-refractivity contribution >= 4 is 12.0 Å². The Morgan fingerprint density at radius 2 is 1.89 bits per heavy atom. The number of benzene rings is 1. The smallest absolute Gasteiger partial charge is 0.246 e. The van der Waals surface area contributed by atoms with Gasteiger partial charge in [0.05, 0.1) is 12.7 Å². The lowest BCUT2D eigenvalue weighted by atomic mass is 9.94. The molecule has 1 unspecified atom stereocenters. The van der Waals surface area contributed by atoms with Gasteiger partial charge in [0.15, 0.2) is 0 Å². The molecule has 0 spiro atoms. The molecule has 2 heterocycles. The summed E-state index contributed by atoms with van der Waals surface area (Å²) in [7, 11) is 0. The minimum absolute atomic E-state index is 0.124. The fraction of sp³-hybridized carbons (Fsp3) is 0.438. The highest BCUT2D eigenvalue weighted by molar-refractivity contribution is 5.91. The third-order valence-corrected chi connectivity index (χ3v) is 3.95. The summed E-state index contributed by atoms with van der Waals surface area (Å²) in [5.41, 5.74) is 1.07. The average Bonchev–Trinajstić information content (AvgIpc) is 3.31. The third-order valence-electron chi connectivity index (χ3n) is 3.95. The Morgan fingerprint density at radius 1 is 1.21 bits per heavy atom. The second kappa shape index (κ2) is 5.57. The van der Waals surface area contributed by atoms with Crippen LogP contribution < -0.4 is 0 Å². The van der Waals surface area contributed by atoms with E-state index in [-0.39, 0.29) is 5.91 Å². The van der Waals surface area contributed by atoms with Crippen LogP contribution in [0.5, 0.6) is 0 Å². The van der Waals surface area contributed by atoms with Gasteiger partial charge in [0.25, 0.3) is 0 Å². The van der Waals surface area contributed by atoms with Crippen molar-refractivity contribution in [1.29, 1.82) is 0 Å². The van der Waals surface area contributed by atoms with Gasteiger partial charge < -0.3 is 9.64 Å². The molecule has 0 bridgehead atoms. The van der Waals surface area contributed by atoms with Crippen LogP contribution in [0.4, 0.5) is 0 Å². The summed E-state index contributed by atoms with van der Waals surface area (Å²) in [5, 5.41) is 0. The van der Waals surface area contributed by atoms with Crippen LogP contribution in [-0.2, 0) is 9.53 Å². The SMILES string of the molecule is O=C(/C=C/c1ccccc1)N1CCC(C2CO2)CC1. The molecule has 2 aliphatic heterocycles. The third kappa shape index (κ3) is 3.24. The Labute approximate surface area is 113 Å². The van der Waals surface area contributed by atoms with E-state index in [1.165, 1.54) is 0 Å². The van der Waals surface area contributed by atoms with Crippen LogP contribution in [0, 0.1) is 5.92 Å². The van der Waals surface area contributed by atoms with Gasteiger partial charge in [-0.05, 0) is 30.4 Å². The fourth-order valence-electron chi connectivity index (χ4n) is 2.66. The number of rotatable bonds is 3. The van der Waals surface area contributed by atoms with E-state index in [0.29, 0.717) is 12.0 Å². The first-order chi connectivity index (χ1) is 9.33. The van der Waals surface area contributed by atoms with Crippen molar-refractivity contribution in [3.05, 3.63) is 42.0 Å². The molecule has 0 aliphatic carbocycles. The average molecular weight is 257 g/mol. The zero-order valence-corrected chi connectivity index (χ0v) is 11.0. The standard InChI is InChI=1S/C16H19NO2/c18-16(7-6-13-4-2-1-3-5-13)17-10-8-14(9-11-17)15-12-19-15/h1-7,14-15H,8-12H2/b7-6+. The molecule has 1 aromatic carbocycles.